The largest absolute Gasteiger partial charge is 0.462 e. The van der Waals surface area contributed by atoms with Crippen LogP contribution in [0.5, 0.6) is 0 Å². The first-order valence-corrected chi connectivity index (χ1v) is 14.9. The van der Waals surface area contributed by atoms with Crippen LogP contribution in [0.1, 0.15) is 87.0 Å². The van der Waals surface area contributed by atoms with E-state index in [1.165, 1.54) is 27.7 Å². The molecule has 50 heavy (non-hydrogen) atoms. The van der Waals surface area contributed by atoms with Crippen LogP contribution in [0.2, 0.25) is 0 Å². The fourth-order valence-electron chi connectivity index (χ4n) is 4.46. The number of hydrogen-bond acceptors (Lipinski definition) is 6. The number of esters is 2. The molecule has 0 aromatic rings. The van der Waals surface area contributed by atoms with Crippen molar-refractivity contribution in [1.29, 1.82) is 0 Å². The van der Waals surface area contributed by atoms with Gasteiger partial charge in [-0.15, -0.1) is 0 Å². The highest BCUT2D eigenvalue weighted by Gasteiger charge is 2.75. The topological polar surface area (TPSA) is 93.1 Å². The maximum absolute atomic E-state index is 13.3. The van der Waals surface area contributed by atoms with E-state index < -0.39 is 121 Å². The van der Waals surface area contributed by atoms with Gasteiger partial charge in [0, 0.05) is 11.8 Å². The van der Waals surface area contributed by atoms with Gasteiger partial charge in [0.25, 0.3) is 11.5 Å². The number of ether oxygens (including phenoxy) is 2. The van der Waals surface area contributed by atoms with Gasteiger partial charge in [0.15, 0.2) is 12.2 Å². The molecule has 0 aromatic heterocycles. The van der Waals surface area contributed by atoms with Crippen LogP contribution < -0.4 is 0 Å². The van der Waals surface area contributed by atoms with Crippen LogP contribution in [-0.4, -0.2) is 82.9 Å². The molecule has 0 saturated heterocycles. The molecule has 0 spiro atoms. The molecule has 0 heterocycles. The van der Waals surface area contributed by atoms with E-state index >= 15 is 0 Å². The zero-order valence-electron chi connectivity index (χ0n) is 28.0. The molecule has 4 atom stereocenters. The van der Waals surface area contributed by atoms with Crippen LogP contribution in [-0.2, 0) is 19.1 Å². The van der Waals surface area contributed by atoms with Crippen molar-refractivity contribution < 1.29 is 95.1 Å². The summed E-state index contributed by atoms with van der Waals surface area (Å²) in [7, 11) is 0. The summed E-state index contributed by atoms with van der Waals surface area (Å²) in [5.74, 6) is -16.1. The van der Waals surface area contributed by atoms with Crippen LogP contribution in [0.4, 0.5) is 65.9 Å². The smallest absolute Gasteiger partial charge is 0.426 e. The summed E-state index contributed by atoms with van der Waals surface area (Å²) in [6.45, 7) is 7.36. The molecule has 0 amide bonds. The zero-order chi connectivity index (χ0) is 40.3. The van der Waals surface area contributed by atoms with Gasteiger partial charge in [0.05, 0.1) is 17.3 Å². The first-order chi connectivity index (χ1) is 21.9. The van der Waals surface area contributed by atoms with Crippen LogP contribution in [0.3, 0.4) is 0 Å². The van der Waals surface area contributed by atoms with Crippen LogP contribution in [0.15, 0.2) is 0 Å². The van der Waals surface area contributed by atoms with Crippen LogP contribution >= 0.6 is 0 Å². The molecule has 1 aliphatic rings. The number of halogens is 15. The van der Waals surface area contributed by atoms with Crippen LogP contribution in [0.25, 0.3) is 0 Å². The van der Waals surface area contributed by atoms with Gasteiger partial charge < -0.3 is 19.7 Å². The summed E-state index contributed by atoms with van der Waals surface area (Å²) in [5.41, 5.74) is -11.3. The Hall–Kier alpha value is -2.19. The fourth-order valence-corrected chi connectivity index (χ4v) is 4.46. The molecule has 1 fully saturated rings. The molecule has 1 aliphatic carbocycles. The maximum atomic E-state index is 13.3. The van der Waals surface area contributed by atoms with E-state index in [0.717, 1.165) is 0 Å². The molecule has 2 N–H and O–H groups in total. The summed E-state index contributed by atoms with van der Waals surface area (Å²) < 4.78 is 204. The van der Waals surface area contributed by atoms with E-state index in [1.54, 1.807) is 13.8 Å². The van der Waals surface area contributed by atoms with Crippen molar-refractivity contribution in [2.45, 2.75) is 141 Å². The highest BCUT2D eigenvalue weighted by Crippen LogP contribution is 2.55. The highest BCUT2D eigenvalue weighted by molar-refractivity contribution is 5.76. The minimum absolute atomic E-state index is 0.167. The minimum Gasteiger partial charge on any atom is -0.462 e. The second-order valence-electron chi connectivity index (χ2n) is 13.7. The Kier molecular flexibility index (Phi) is 15.1. The molecule has 4 unspecified atom stereocenters. The first kappa shape index (κ1) is 47.8. The molecule has 0 aliphatic heterocycles. The standard InChI is InChI=1S/C18H25F9O4.C11H16F6O2/c1-5-13(2,3)12(28)31-11-7-9(14(4,29)16(19,20)21)6-10(8-11)15(30,17(22,23)24)18(25,26)27;1-4-9(2,3)8(18)19-6-10(14,15)5-11(16,17)7(12)13/h9-11,29-30H,5-8H2,1-4H3;7H,4-6H2,1-3H3. The quantitative estimate of drug-likeness (QED) is 0.152. The average molecular weight is 771 g/mol. The highest BCUT2D eigenvalue weighted by atomic mass is 19.4. The zero-order valence-corrected chi connectivity index (χ0v) is 28.0. The Morgan fingerprint density at radius 1 is 0.660 bits per heavy atom. The summed E-state index contributed by atoms with van der Waals surface area (Å²) >= 11 is 0. The van der Waals surface area contributed by atoms with E-state index in [4.69, 9.17) is 4.74 Å². The van der Waals surface area contributed by atoms with Gasteiger partial charge in [0.1, 0.15) is 6.10 Å². The Balaban J connectivity index is 0.00000108. The third-order valence-corrected chi connectivity index (χ3v) is 8.86. The summed E-state index contributed by atoms with van der Waals surface area (Å²) in [6.07, 6.45) is -29.3. The van der Waals surface area contributed by atoms with Gasteiger partial charge in [0.2, 0.25) is 0 Å². The van der Waals surface area contributed by atoms with Crippen molar-refractivity contribution in [3.63, 3.8) is 0 Å². The first-order valence-electron chi connectivity index (χ1n) is 14.9. The van der Waals surface area contributed by atoms with Crippen molar-refractivity contribution in [2.75, 3.05) is 6.61 Å². The molecule has 21 heteroatoms. The molecule has 6 nitrogen and oxygen atoms in total. The minimum atomic E-state index is -6.28. The Bertz CT molecular complexity index is 1110. The van der Waals surface area contributed by atoms with E-state index in [9.17, 15) is 85.7 Å². The fraction of sp³-hybridized carbons (Fsp3) is 0.931. The lowest BCUT2D eigenvalue weighted by Crippen LogP contribution is -2.64. The molecule has 0 bridgehead atoms. The molecule has 0 radical (unpaired) electrons. The summed E-state index contributed by atoms with van der Waals surface area (Å²) in [4.78, 5) is 23.6. The number of alkyl halides is 15. The lowest BCUT2D eigenvalue weighted by Gasteiger charge is -2.47. The SMILES string of the molecule is CCC(C)(C)C(=O)OC1CC(C(C)(O)C(F)(F)F)CC(C(O)(C(F)(F)F)C(F)(F)F)C1.CCC(C)(C)C(=O)OCC(F)(F)CC(F)(F)C(F)F. The van der Waals surface area contributed by atoms with Gasteiger partial charge in [-0.3, -0.25) is 9.59 Å². The molecule has 1 rings (SSSR count). The number of aliphatic hydroxyl groups is 2. The van der Waals surface area contributed by atoms with E-state index in [-0.39, 0.29) is 13.3 Å². The van der Waals surface area contributed by atoms with Crippen LogP contribution in [0, 0.1) is 22.7 Å². The van der Waals surface area contributed by atoms with Gasteiger partial charge in [-0.1, -0.05) is 13.8 Å². The molecular formula is C29H41F15O6. The van der Waals surface area contributed by atoms with Crippen molar-refractivity contribution >= 4 is 11.9 Å². The van der Waals surface area contributed by atoms with E-state index in [1.807, 2.05) is 0 Å². The van der Waals surface area contributed by atoms with Crippen molar-refractivity contribution in [3.8, 4) is 0 Å². The number of rotatable bonds is 12. The van der Waals surface area contributed by atoms with E-state index in [0.29, 0.717) is 6.42 Å². The number of carbonyl (C=O) groups excluding carboxylic acids is 2. The van der Waals surface area contributed by atoms with Crippen molar-refractivity contribution in [1.82, 2.24) is 0 Å². The average Bonchev–Trinajstić information content (AvgIpc) is 2.93. The molecular weight excluding hydrogens is 729 g/mol. The third kappa shape index (κ3) is 11.7. The Morgan fingerprint density at radius 2 is 1.06 bits per heavy atom. The molecule has 0 aromatic carbocycles. The second kappa shape index (κ2) is 15.8. The maximum Gasteiger partial charge on any atom is 0.426 e. The van der Waals surface area contributed by atoms with Crippen molar-refractivity contribution in [3.05, 3.63) is 0 Å². The lowest BCUT2D eigenvalue weighted by atomic mass is 9.66. The summed E-state index contributed by atoms with van der Waals surface area (Å²) in [6, 6.07) is 0. The normalized spacial score (nSPS) is 21.6. The number of carbonyl (C=O) groups is 2. The third-order valence-electron chi connectivity index (χ3n) is 8.86. The number of hydrogen-bond donors (Lipinski definition) is 2. The van der Waals surface area contributed by atoms with Gasteiger partial charge in [-0.05, 0) is 66.7 Å². The van der Waals surface area contributed by atoms with Gasteiger partial charge >= 0.3 is 42.8 Å². The van der Waals surface area contributed by atoms with Crippen molar-refractivity contribution in [2.24, 2.45) is 22.7 Å². The predicted octanol–water partition coefficient (Wildman–Crippen LogP) is 8.81. The van der Waals surface area contributed by atoms with Gasteiger partial charge in [-0.25, -0.2) is 26.3 Å². The Morgan fingerprint density at radius 3 is 1.42 bits per heavy atom. The molecule has 298 valence electrons. The second-order valence-corrected chi connectivity index (χ2v) is 13.7. The van der Waals surface area contributed by atoms with Gasteiger partial charge in [-0.2, -0.15) is 39.5 Å². The molecule has 1 saturated carbocycles. The monoisotopic (exact) mass is 770 g/mol. The predicted molar refractivity (Wildman–Crippen MR) is 144 cm³/mol. The lowest BCUT2D eigenvalue weighted by molar-refractivity contribution is -0.391. The summed E-state index contributed by atoms with van der Waals surface area (Å²) in [5, 5.41) is 19.6. The van der Waals surface area contributed by atoms with E-state index in [2.05, 4.69) is 4.74 Å². The Labute approximate surface area is 278 Å².